The van der Waals surface area contributed by atoms with Gasteiger partial charge in [0.25, 0.3) is 5.89 Å². The topological polar surface area (TPSA) is 68.8 Å². The van der Waals surface area contributed by atoms with Gasteiger partial charge in [0.2, 0.25) is 0 Å². The summed E-state index contributed by atoms with van der Waals surface area (Å²) in [5.41, 5.74) is 1.90. The molecule has 0 aliphatic rings. The van der Waals surface area contributed by atoms with Crippen LogP contribution in [0.15, 0.2) is 47.2 Å². The van der Waals surface area contributed by atoms with E-state index in [0.29, 0.717) is 17.8 Å². The van der Waals surface area contributed by atoms with Crippen molar-refractivity contribution in [1.82, 2.24) is 25.2 Å². The van der Waals surface area contributed by atoms with Gasteiger partial charge < -0.3 is 9.84 Å². The number of hydrogen-bond acceptors (Lipinski definition) is 5. The van der Waals surface area contributed by atoms with Crippen LogP contribution in [0.1, 0.15) is 12.7 Å². The molecule has 1 unspecified atom stereocenters. The van der Waals surface area contributed by atoms with E-state index in [-0.39, 0.29) is 12.4 Å². The Morgan fingerprint density at radius 3 is 2.68 bits per heavy atom. The minimum absolute atomic E-state index is 0. The van der Waals surface area contributed by atoms with Crippen LogP contribution in [0.2, 0.25) is 0 Å². The first-order valence-corrected chi connectivity index (χ1v) is 6.86. The maximum Gasteiger partial charge on any atom is 0.257 e. The molecule has 0 radical (unpaired) electrons. The molecule has 1 aromatic carbocycles. The van der Waals surface area contributed by atoms with E-state index < -0.39 is 0 Å². The molecular weight excluding hydrogens is 302 g/mol. The van der Waals surface area contributed by atoms with Gasteiger partial charge in [-0.1, -0.05) is 5.16 Å². The molecule has 0 aliphatic heterocycles. The van der Waals surface area contributed by atoms with E-state index in [4.69, 9.17) is 4.52 Å². The minimum Gasteiger partial charge on any atom is -0.334 e. The van der Waals surface area contributed by atoms with Gasteiger partial charge in [-0.05, 0) is 44.3 Å². The average Bonchev–Trinajstić information content (AvgIpc) is 3.19. The number of benzene rings is 1. The van der Waals surface area contributed by atoms with Gasteiger partial charge in [-0.3, -0.25) is 0 Å². The summed E-state index contributed by atoms with van der Waals surface area (Å²) in [5, 5.41) is 11.4. The Kier molecular flexibility index (Phi) is 5.30. The van der Waals surface area contributed by atoms with Gasteiger partial charge in [0.05, 0.1) is 5.69 Å². The lowest BCUT2D eigenvalue weighted by Crippen LogP contribution is -2.24. The largest absolute Gasteiger partial charge is 0.334 e. The molecule has 0 saturated heterocycles. The van der Waals surface area contributed by atoms with Gasteiger partial charge in [0.15, 0.2) is 5.82 Å². The molecule has 0 spiro atoms. The standard InChI is InChI=1S/C15H17N5O.ClH/c1-11(16-2)10-14-18-15(21-19-14)12-4-6-13(7-5-12)20-9-3-8-17-20;/h3-9,11,16H,10H2,1-2H3;1H. The molecule has 22 heavy (non-hydrogen) atoms. The minimum atomic E-state index is 0. The maximum absolute atomic E-state index is 5.32. The highest BCUT2D eigenvalue weighted by atomic mass is 35.5. The second kappa shape index (κ2) is 7.20. The van der Waals surface area contributed by atoms with Gasteiger partial charge in [0, 0.05) is 30.4 Å². The van der Waals surface area contributed by atoms with E-state index in [1.165, 1.54) is 0 Å². The quantitative estimate of drug-likeness (QED) is 0.782. The monoisotopic (exact) mass is 319 g/mol. The third kappa shape index (κ3) is 3.52. The fraction of sp³-hybridized carbons (Fsp3) is 0.267. The van der Waals surface area contributed by atoms with Gasteiger partial charge in [-0.25, -0.2) is 4.68 Å². The molecule has 116 valence electrons. The smallest absolute Gasteiger partial charge is 0.257 e. The highest BCUT2D eigenvalue weighted by molar-refractivity contribution is 5.85. The van der Waals surface area contributed by atoms with E-state index in [2.05, 4.69) is 27.5 Å². The molecule has 3 rings (SSSR count). The van der Waals surface area contributed by atoms with Crippen LogP contribution in [0, 0.1) is 0 Å². The molecule has 3 aromatic rings. The molecule has 0 aliphatic carbocycles. The Morgan fingerprint density at radius 2 is 2.05 bits per heavy atom. The van der Waals surface area contributed by atoms with E-state index in [0.717, 1.165) is 17.7 Å². The summed E-state index contributed by atoms with van der Waals surface area (Å²) < 4.78 is 7.12. The van der Waals surface area contributed by atoms with E-state index in [1.54, 1.807) is 10.9 Å². The van der Waals surface area contributed by atoms with E-state index in [1.807, 2.05) is 43.6 Å². The zero-order valence-corrected chi connectivity index (χ0v) is 13.2. The summed E-state index contributed by atoms with van der Waals surface area (Å²) in [4.78, 5) is 4.42. The first-order chi connectivity index (χ1) is 10.3. The van der Waals surface area contributed by atoms with Crippen molar-refractivity contribution in [2.24, 2.45) is 0 Å². The lowest BCUT2D eigenvalue weighted by atomic mass is 10.2. The Morgan fingerprint density at radius 1 is 1.27 bits per heavy atom. The van der Waals surface area contributed by atoms with E-state index >= 15 is 0 Å². The van der Waals surface area contributed by atoms with Crippen LogP contribution in [0.25, 0.3) is 17.1 Å². The van der Waals surface area contributed by atoms with Crippen LogP contribution in [-0.4, -0.2) is 33.0 Å². The maximum atomic E-state index is 5.32. The Hall–Kier alpha value is -2.18. The van der Waals surface area contributed by atoms with Crippen LogP contribution in [0.5, 0.6) is 0 Å². The molecule has 2 heterocycles. The second-order valence-corrected chi connectivity index (χ2v) is 4.91. The Bertz CT molecular complexity index is 693. The number of halogens is 1. The third-order valence-corrected chi connectivity index (χ3v) is 3.33. The summed E-state index contributed by atoms with van der Waals surface area (Å²) in [6.07, 6.45) is 4.39. The predicted molar refractivity (Wildman–Crippen MR) is 86.3 cm³/mol. The Balaban J connectivity index is 0.00000176. The number of rotatable bonds is 5. The first kappa shape index (κ1) is 16.2. The highest BCUT2D eigenvalue weighted by Crippen LogP contribution is 2.19. The summed E-state index contributed by atoms with van der Waals surface area (Å²) in [6, 6.07) is 10.1. The molecule has 0 fully saturated rings. The number of aromatic nitrogens is 4. The lowest BCUT2D eigenvalue weighted by molar-refractivity contribution is 0.418. The fourth-order valence-corrected chi connectivity index (χ4v) is 2.01. The third-order valence-electron chi connectivity index (χ3n) is 3.33. The van der Waals surface area contributed by atoms with Crippen LogP contribution in [0.4, 0.5) is 0 Å². The summed E-state index contributed by atoms with van der Waals surface area (Å²) in [7, 11) is 1.92. The van der Waals surface area contributed by atoms with Crippen LogP contribution in [-0.2, 0) is 6.42 Å². The molecule has 0 bridgehead atoms. The molecule has 7 heteroatoms. The highest BCUT2D eigenvalue weighted by Gasteiger charge is 2.11. The molecule has 2 aromatic heterocycles. The average molecular weight is 320 g/mol. The molecule has 0 saturated carbocycles. The molecule has 1 atom stereocenters. The van der Waals surface area contributed by atoms with Crippen molar-refractivity contribution in [3.63, 3.8) is 0 Å². The first-order valence-electron chi connectivity index (χ1n) is 6.86. The van der Waals surface area contributed by atoms with Crippen molar-refractivity contribution in [1.29, 1.82) is 0 Å². The van der Waals surface area contributed by atoms with Gasteiger partial charge >= 0.3 is 0 Å². The fourth-order valence-electron chi connectivity index (χ4n) is 2.01. The number of nitrogens with one attached hydrogen (secondary N) is 1. The second-order valence-electron chi connectivity index (χ2n) is 4.91. The van der Waals surface area contributed by atoms with Crippen molar-refractivity contribution in [3.05, 3.63) is 48.5 Å². The van der Waals surface area contributed by atoms with Crippen LogP contribution < -0.4 is 5.32 Å². The van der Waals surface area contributed by atoms with Crippen molar-refractivity contribution in [3.8, 4) is 17.1 Å². The summed E-state index contributed by atoms with van der Waals surface area (Å²) in [6.45, 7) is 2.08. The van der Waals surface area contributed by atoms with E-state index in [9.17, 15) is 0 Å². The van der Waals surface area contributed by atoms with Crippen LogP contribution in [0.3, 0.4) is 0 Å². The van der Waals surface area contributed by atoms with Gasteiger partial charge in [-0.2, -0.15) is 10.1 Å². The molecule has 0 amide bonds. The summed E-state index contributed by atoms with van der Waals surface area (Å²) in [5.74, 6) is 1.25. The lowest BCUT2D eigenvalue weighted by Gasteiger charge is -2.04. The molecule has 1 N–H and O–H groups in total. The van der Waals surface area contributed by atoms with Crippen molar-refractivity contribution < 1.29 is 4.52 Å². The normalized spacial score (nSPS) is 11.9. The number of hydrogen-bond donors (Lipinski definition) is 1. The number of likely N-dealkylation sites (N-methyl/N-ethyl adjacent to an activating group) is 1. The predicted octanol–water partition coefficient (Wildman–Crippen LogP) is 2.49. The summed E-state index contributed by atoms with van der Waals surface area (Å²) >= 11 is 0. The zero-order valence-electron chi connectivity index (χ0n) is 12.4. The van der Waals surface area contributed by atoms with Crippen molar-refractivity contribution >= 4 is 12.4 Å². The van der Waals surface area contributed by atoms with Crippen molar-refractivity contribution in [2.75, 3.05) is 7.05 Å². The molecular formula is C15H18ClN5O. The zero-order chi connectivity index (χ0) is 14.7. The molecule has 6 nitrogen and oxygen atoms in total. The van der Waals surface area contributed by atoms with Gasteiger partial charge in [0.1, 0.15) is 0 Å². The Labute approximate surface area is 135 Å². The van der Waals surface area contributed by atoms with Crippen LogP contribution >= 0.6 is 12.4 Å². The van der Waals surface area contributed by atoms with Crippen molar-refractivity contribution in [2.45, 2.75) is 19.4 Å². The van der Waals surface area contributed by atoms with Gasteiger partial charge in [-0.15, -0.1) is 12.4 Å². The number of nitrogens with zero attached hydrogens (tertiary/aromatic N) is 4. The SMILES string of the molecule is CNC(C)Cc1noc(-c2ccc(-n3cccn3)cc2)n1.Cl.